The van der Waals surface area contributed by atoms with Crippen LogP contribution in [0, 0.1) is 5.92 Å². The van der Waals surface area contributed by atoms with Gasteiger partial charge < -0.3 is 16.0 Å². The van der Waals surface area contributed by atoms with Gasteiger partial charge in [-0.2, -0.15) is 13.2 Å². The van der Waals surface area contributed by atoms with Crippen LogP contribution in [-0.4, -0.2) is 29.0 Å². The van der Waals surface area contributed by atoms with E-state index in [1.807, 2.05) is 24.3 Å². The highest BCUT2D eigenvalue weighted by atomic mass is 19.4. The molecule has 1 saturated carbocycles. The van der Waals surface area contributed by atoms with Crippen molar-refractivity contribution in [3.8, 4) is 0 Å². The Labute approximate surface area is 214 Å². The van der Waals surface area contributed by atoms with Crippen LogP contribution in [0.3, 0.4) is 0 Å². The Bertz CT molecular complexity index is 1240. The summed E-state index contributed by atoms with van der Waals surface area (Å²) in [6, 6.07) is 15.1. The number of para-hydroxylation sites is 1. The van der Waals surface area contributed by atoms with Gasteiger partial charge in [-0.1, -0.05) is 30.3 Å². The Kier molecular flexibility index (Phi) is 7.41. The van der Waals surface area contributed by atoms with E-state index in [4.69, 9.17) is 0 Å². The van der Waals surface area contributed by atoms with Crippen molar-refractivity contribution in [3.05, 3.63) is 77.1 Å². The minimum absolute atomic E-state index is 0.0362. The van der Waals surface area contributed by atoms with Crippen molar-refractivity contribution in [2.45, 2.75) is 50.6 Å². The van der Waals surface area contributed by atoms with Gasteiger partial charge in [-0.3, -0.25) is 4.79 Å². The topological polar surface area (TPSA) is 78.9 Å². The molecule has 0 atom stereocenters. The zero-order valence-electron chi connectivity index (χ0n) is 20.4. The lowest BCUT2D eigenvalue weighted by Gasteiger charge is -2.23. The first-order valence-corrected chi connectivity index (χ1v) is 12.8. The molecule has 6 nitrogen and oxygen atoms in total. The number of hydrogen-bond donors (Lipinski definition) is 3. The molecule has 2 aliphatic rings. The first-order chi connectivity index (χ1) is 17.9. The van der Waals surface area contributed by atoms with Gasteiger partial charge in [0.05, 0.1) is 11.3 Å². The molecular formula is C28H30F3N5O. The minimum atomic E-state index is -4.57. The van der Waals surface area contributed by atoms with Crippen molar-refractivity contribution in [2.24, 2.45) is 5.92 Å². The number of carbonyl (C=O) groups is 1. The summed E-state index contributed by atoms with van der Waals surface area (Å²) in [5.74, 6) is 0.631. The molecule has 5 rings (SSSR count). The SMILES string of the molecule is O=C(Nc1ccccc1CCc1nc(Nc2ccc(C3CCNCC3)cc2)ncc1C(F)(F)F)C1CC1. The Morgan fingerprint density at radius 1 is 0.973 bits per heavy atom. The number of piperidine rings is 1. The zero-order chi connectivity index (χ0) is 25.8. The first kappa shape index (κ1) is 25.2. The predicted octanol–water partition coefficient (Wildman–Crippen LogP) is 5.84. The second-order valence-electron chi connectivity index (χ2n) is 9.74. The number of benzene rings is 2. The molecule has 2 fully saturated rings. The summed E-state index contributed by atoms with van der Waals surface area (Å²) >= 11 is 0. The summed E-state index contributed by atoms with van der Waals surface area (Å²) in [5, 5.41) is 9.33. The average Bonchev–Trinajstić information content (AvgIpc) is 3.75. The van der Waals surface area contributed by atoms with E-state index in [2.05, 4.69) is 38.1 Å². The third kappa shape index (κ3) is 6.46. The first-order valence-electron chi connectivity index (χ1n) is 12.8. The Morgan fingerprint density at radius 2 is 1.70 bits per heavy atom. The summed E-state index contributed by atoms with van der Waals surface area (Å²) < 4.78 is 41.2. The molecule has 9 heteroatoms. The number of aryl methyl sites for hydroxylation is 2. The number of nitrogens with zero attached hydrogens (tertiary/aromatic N) is 2. The summed E-state index contributed by atoms with van der Waals surface area (Å²) in [7, 11) is 0. The highest BCUT2D eigenvalue weighted by molar-refractivity contribution is 5.94. The lowest BCUT2D eigenvalue weighted by molar-refractivity contribution is -0.138. The second-order valence-corrected chi connectivity index (χ2v) is 9.74. The minimum Gasteiger partial charge on any atom is -0.326 e. The third-order valence-electron chi connectivity index (χ3n) is 7.00. The van der Waals surface area contributed by atoms with Crippen LogP contribution in [0.1, 0.15) is 54.0 Å². The molecule has 1 saturated heterocycles. The Morgan fingerprint density at radius 3 is 2.41 bits per heavy atom. The molecular weight excluding hydrogens is 479 g/mol. The van der Waals surface area contributed by atoms with Crippen LogP contribution in [0.2, 0.25) is 0 Å². The molecule has 194 valence electrons. The molecule has 1 aromatic heterocycles. The highest BCUT2D eigenvalue weighted by Gasteiger charge is 2.35. The van der Waals surface area contributed by atoms with Crippen LogP contribution in [0.5, 0.6) is 0 Å². The van der Waals surface area contributed by atoms with Crippen LogP contribution in [0.25, 0.3) is 0 Å². The maximum atomic E-state index is 13.7. The van der Waals surface area contributed by atoms with E-state index in [-0.39, 0.29) is 29.9 Å². The standard InChI is InChI=1S/C28H30F3N5O/c29-28(30,31)23-17-33-27(34-22-10-7-18(8-11-22)19-13-15-32-16-14-19)36-25(23)12-9-20-3-1-2-4-24(20)35-26(37)21-5-6-21/h1-4,7-8,10-11,17,19,21,32H,5-6,9,12-16H2,(H,35,37)(H,33,34,36). The van der Waals surface area contributed by atoms with E-state index >= 15 is 0 Å². The second kappa shape index (κ2) is 10.9. The number of halogens is 3. The fourth-order valence-electron chi connectivity index (χ4n) is 4.72. The van der Waals surface area contributed by atoms with Crippen molar-refractivity contribution < 1.29 is 18.0 Å². The summed E-state index contributed by atoms with van der Waals surface area (Å²) in [6.45, 7) is 2.01. The van der Waals surface area contributed by atoms with Gasteiger partial charge in [-0.25, -0.2) is 9.97 Å². The average molecular weight is 510 g/mol. The van der Waals surface area contributed by atoms with E-state index < -0.39 is 11.7 Å². The lowest BCUT2D eigenvalue weighted by Crippen LogP contribution is -2.26. The maximum absolute atomic E-state index is 13.7. The number of hydrogen-bond acceptors (Lipinski definition) is 5. The van der Waals surface area contributed by atoms with Gasteiger partial charge in [-0.05, 0) is 86.9 Å². The lowest BCUT2D eigenvalue weighted by atomic mass is 9.90. The van der Waals surface area contributed by atoms with Crippen molar-refractivity contribution >= 4 is 23.2 Å². The van der Waals surface area contributed by atoms with Crippen LogP contribution < -0.4 is 16.0 Å². The monoisotopic (exact) mass is 509 g/mol. The van der Waals surface area contributed by atoms with E-state index in [0.717, 1.165) is 56.2 Å². The fraction of sp³-hybridized carbons (Fsp3) is 0.393. The summed E-state index contributed by atoms with van der Waals surface area (Å²) in [5.41, 5.74) is 2.45. The summed E-state index contributed by atoms with van der Waals surface area (Å²) in [4.78, 5) is 20.4. The molecule has 37 heavy (non-hydrogen) atoms. The molecule has 1 aliphatic heterocycles. The van der Waals surface area contributed by atoms with Gasteiger partial charge in [0.2, 0.25) is 11.9 Å². The largest absolute Gasteiger partial charge is 0.419 e. The fourth-order valence-corrected chi connectivity index (χ4v) is 4.72. The van der Waals surface area contributed by atoms with E-state index in [0.29, 0.717) is 18.0 Å². The van der Waals surface area contributed by atoms with Gasteiger partial charge in [0.25, 0.3) is 0 Å². The van der Waals surface area contributed by atoms with Crippen LogP contribution in [0.15, 0.2) is 54.7 Å². The Hall–Kier alpha value is -3.46. The zero-order valence-corrected chi connectivity index (χ0v) is 20.4. The van der Waals surface area contributed by atoms with Crippen LogP contribution in [-0.2, 0) is 23.8 Å². The quantitative estimate of drug-likeness (QED) is 0.356. The van der Waals surface area contributed by atoms with Crippen molar-refractivity contribution in [1.29, 1.82) is 0 Å². The highest BCUT2D eigenvalue weighted by Crippen LogP contribution is 2.34. The Balaban J connectivity index is 1.31. The summed E-state index contributed by atoms with van der Waals surface area (Å²) in [6.07, 6.45) is 0.555. The van der Waals surface area contributed by atoms with Gasteiger partial charge in [-0.15, -0.1) is 0 Å². The number of alkyl halides is 3. The predicted molar refractivity (Wildman–Crippen MR) is 137 cm³/mol. The number of amides is 1. The smallest absolute Gasteiger partial charge is 0.326 e. The maximum Gasteiger partial charge on any atom is 0.419 e. The number of nitrogens with one attached hydrogen (secondary N) is 3. The molecule has 2 aromatic carbocycles. The molecule has 1 amide bonds. The third-order valence-corrected chi connectivity index (χ3v) is 7.00. The van der Waals surface area contributed by atoms with Gasteiger partial charge >= 0.3 is 6.18 Å². The molecule has 2 heterocycles. The normalized spacial score (nSPS) is 16.4. The van der Waals surface area contributed by atoms with Crippen LogP contribution in [0.4, 0.5) is 30.5 Å². The molecule has 3 N–H and O–H groups in total. The van der Waals surface area contributed by atoms with Crippen molar-refractivity contribution in [2.75, 3.05) is 23.7 Å². The van der Waals surface area contributed by atoms with Crippen molar-refractivity contribution in [3.63, 3.8) is 0 Å². The molecule has 3 aromatic rings. The van der Waals surface area contributed by atoms with Gasteiger partial charge in [0.1, 0.15) is 0 Å². The van der Waals surface area contributed by atoms with Gasteiger partial charge in [0, 0.05) is 23.5 Å². The van der Waals surface area contributed by atoms with Crippen molar-refractivity contribution in [1.82, 2.24) is 15.3 Å². The van der Waals surface area contributed by atoms with E-state index in [1.54, 1.807) is 12.1 Å². The van der Waals surface area contributed by atoms with Crippen LogP contribution >= 0.6 is 0 Å². The number of rotatable bonds is 8. The number of aromatic nitrogens is 2. The molecule has 1 aliphatic carbocycles. The molecule has 0 unspecified atom stereocenters. The number of carbonyl (C=O) groups excluding carboxylic acids is 1. The van der Waals surface area contributed by atoms with E-state index in [1.165, 1.54) is 5.56 Å². The molecule has 0 bridgehead atoms. The number of anilines is 3. The molecule has 0 radical (unpaired) electrons. The molecule has 0 spiro atoms. The van der Waals surface area contributed by atoms with E-state index in [9.17, 15) is 18.0 Å². The van der Waals surface area contributed by atoms with Gasteiger partial charge in [0.15, 0.2) is 0 Å².